The number of hydrogen-bond donors (Lipinski definition) is 1. The van der Waals surface area contributed by atoms with Crippen LogP contribution in [0.2, 0.25) is 0 Å². The fourth-order valence-corrected chi connectivity index (χ4v) is 5.36. The summed E-state index contributed by atoms with van der Waals surface area (Å²) in [4.78, 5) is 24.8. The molecule has 24 heavy (non-hydrogen) atoms. The summed E-state index contributed by atoms with van der Waals surface area (Å²) in [6.07, 6.45) is 1.45. The molecule has 0 aromatic heterocycles. The van der Waals surface area contributed by atoms with Gasteiger partial charge in [0.2, 0.25) is 15.9 Å². The van der Waals surface area contributed by atoms with Gasteiger partial charge in [-0.3, -0.25) is 9.59 Å². The number of carboxylic acid groups (broad SMARTS) is 1. The molecule has 7 nitrogen and oxygen atoms in total. The van der Waals surface area contributed by atoms with E-state index in [2.05, 4.69) is 0 Å². The van der Waals surface area contributed by atoms with E-state index in [0.29, 0.717) is 19.3 Å². The number of nitrogens with zero attached hydrogens (tertiary/aromatic N) is 2. The van der Waals surface area contributed by atoms with Gasteiger partial charge in [-0.1, -0.05) is 0 Å². The van der Waals surface area contributed by atoms with E-state index in [1.165, 1.54) is 13.0 Å². The van der Waals surface area contributed by atoms with Crippen LogP contribution in [0.15, 0.2) is 23.1 Å². The van der Waals surface area contributed by atoms with E-state index in [0.717, 1.165) is 15.6 Å². The van der Waals surface area contributed by atoms with Gasteiger partial charge in [-0.25, -0.2) is 8.42 Å². The Bertz CT molecular complexity index is 805. The number of benzene rings is 1. The fourth-order valence-electron chi connectivity index (χ4n) is 3.66. The molecule has 2 aliphatic rings. The van der Waals surface area contributed by atoms with E-state index >= 15 is 0 Å². The summed E-state index contributed by atoms with van der Waals surface area (Å²) in [5.41, 5.74) is 1.52. The minimum Gasteiger partial charge on any atom is -0.480 e. The molecule has 0 saturated carbocycles. The van der Waals surface area contributed by atoms with Crippen LogP contribution in [0, 0.1) is 0 Å². The normalized spacial score (nSPS) is 24.2. The molecule has 1 N–H and O–H groups in total. The van der Waals surface area contributed by atoms with Gasteiger partial charge in [0.15, 0.2) is 0 Å². The summed E-state index contributed by atoms with van der Waals surface area (Å²) < 4.78 is 26.7. The van der Waals surface area contributed by atoms with Gasteiger partial charge < -0.3 is 10.0 Å². The standard InChI is InChI=1S/C16H20N2O5S/c1-10-8-12-9-13(5-6-14(12)18(10)11(2)19)24(22,23)17-7-3-4-15(17)16(20)21/h5-6,9-10,15H,3-4,7-8H2,1-2H3,(H,20,21)/t10?,15-/m0/s1. The van der Waals surface area contributed by atoms with Gasteiger partial charge in [-0.15, -0.1) is 0 Å². The van der Waals surface area contributed by atoms with Crippen molar-refractivity contribution in [3.05, 3.63) is 23.8 Å². The Morgan fingerprint density at radius 1 is 1.29 bits per heavy atom. The average molecular weight is 352 g/mol. The SMILES string of the molecule is CC(=O)N1c2ccc(S(=O)(=O)N3CCC[C@H]3C(=O)O)cc2CC1C. The third-order valence-corrected chi connectivity index (χ3v) is 6.61. The molecule has 1 unspecified atom stereocenters. The Morgan fingerprint density at radius 3 is 2.62 bits per heavy atom. The first-order valence-corrected chi connectivity index (χ1v) is 9.35. The molecule has 130 valence electrons. The van der Waals surface area contributed by atoms with E-state index in [1.54, 1.807) is 17.0 Å². The van der Waals surface area contributed by atoms with Gasteiger partial charge in [-0.05, 0) is 49.9 Å². The Balaban J connectivity index is 1.98. The number of carbonyl (C=O) groups is 2. The van der Waals surface area contributed by atoms with Gasteiger partial charge in [0.1, 0.15) is 6.04 Å². The lowest BCUT2D eigenvalue weighted by molar-refractivity contribution is -0.140. The Kier molecular flexibility index (Phi) is 4.13. The minimum atomic E-state index is -3.86. The highest BCUT2D eigenvalue weighted by Gasteiger charge is 2.40. The number of fused-ring (bicyclic) bond motifs is 1. The highest BCUT2D eigenvalue weighted by atomic mass is 32.2. The predicted molar refractivity (Wildman–Crippen MR) is 87.3 cm³/mol. The molecule has 2 heterocycles. The van der Waals surface area contributed by atoms with Gasteiger partial charge in [0.05, 0.1) is 4.90 Å². The summed E-state index contributed by atoms with van der Waals surface area (Å²) in [6.45, 7) is 3.61. The van der Waals surface area contributed by atoms with Crippen LogP contribution in [-0.4, -0.2) is 48.3 Å². The number of anilines is 1. The summed E-state index contributed by atoms with van der Waals surface area (Å²) in [7, 11) is -3.86. The number of carboxylic acids is 1. The fraction of sp³-hybridized carbons (Fsp3) is 0.500. The topological polar surface area (TPSA) is 95.0 Å². The minimum absolute atomic E-state index is 0.0194. The van der Waals surface area contributed by atoms with Crippen molar-refractivity contribution in [3.8, 4) is 0 Å². The summed E-state index contributed by atoms with van der Waals surface area (Å²) in [5.74, 6) is -1.20. The van der Waals surface area contributed by atoms with Crippen molar-refractivity contribution < 1.29 is 23.1 Å². The molecule has 8 heteroatoms. The van der Waals surface area contributed by atoms with E-state index in [-0.39, 0.29) is 23.4 Å². The maximum atomic E-state index is 12.8. The monoisotopic (exact) mass is 352 g/mol. The summed E-state index contributed by atoms with van der Waals surface area (Å²) in [5, 5.41) is 9.23. The molecular formula is C16H20N2O5S. The molecule has 1 aromatic rings. The van der Waals surface area contributed by atoms with Crippen molar-refractivity contribution in [2.75, 3.05) is 11.4 Å². The average Bonchev–Trinajstić information content (AvgIpc) is 3.09. The van der Waals surface area contributed by atoms with Crippen LogP contribution in [0.3, 0.4) is 0 Å². The second kappa shape index (κ2) is 5.86. The van der Waals surface area contributed by atoms with Crippen LogP contribution in [0.25, 0.3) is 0 Å². The van der Waals surface area contributed by atoms with Gasteiger partial charge in [-0.2, -0.15) is 4.31 Å². The molecule has 1 amide bonds. The molecule has 1 fully saturated rings. The van der Waals surface area contributed by atoms with Gasteiger partial charge >= 0.3 is 5.97 Å². The summed E-state index contributed by atoms with van der Waals surface area (Å²) >= 11 is 0. The van der Waals surface area contributed by atoms with Gasteiger partial charge in [0.25, 0.3) is 0 Å². The first-order valence-electron chi connectivity index (χ1n) is 7.91. The van der Waals surface area contributed by atoms with E-state index in [9.17, 15) is 23.1 Å². The maximum absolute atomic E-state index is 12.8. The van der Waals surface area contributed by atoms with E-state index < -0.39 is 22.0 Å². The quantitative estimate of drug-likeness (QED) is 0.883. The molecule has 0 aliphatic carbocycles. The molecule has 0 spiro atoms. The van der Waals surface area contributed by atoms with Crippen LogP contribution < -0.4 is 4.90 Å². The first-order chi connectivity index (χ1) is 11.2. The molecule has 0 radical (unpaired) electrons. The highest BCUT2D eigenvalue weighted by molar-refractivity contribution is 7.89. The lowest BCUT2D eigenvalue weighted by Crippen LogP contribution is -2.40. The summed E-state index contributed by atoms with van der Waals surface area (Å²) in [6, 6.07) is 3.64. The van der Waals surface area contributed by atoms with Crippen molar-refractivity contribution in [1.29, 1.82) is 0 Å². The van der Waals surface area contributed by atoms with Crippen LogP contribution in [0.5, 0.6) is 0 Å². The third kappa shape index (κ3) is 2.59. The van der Waals surface area contributed by atoms with Gasteiger partial charge in [0, 0.05) is 25.2 Å². The number of rotatable bonds is 3. The molecule has 1 saturated heterocycles. The lowest BCUT2D eigenvalue weighted by atomic mass is 10.1. The first kappa shape index (κ1) is 16.9. The van der Waals surface area contributed by atoms with Crippen LogP contribution >= 0.6 is 0 Å². The zero-order valence-corrected chi connectivity index (χ0v) is 14.4. The van der Waals surface area contributed by atoms with Crippen molar-refractivity contribution in [3.63, 3.8) is 0 Å². The predicted octanol–water partition coefficient (Wildman–Crippen LogP) is 1.22. The molecule has 2 atom stereocenters. The molecular weight excluding hydrogens is 332 g/mol. The molecule has 3 rings (SSSR count). The second-order valence-corrected chi connectivity index (χ2v) is 8.24. The van der Waals surface area contributed by atoms with E-state index in [1.807, 2.05) is 6.92 Å². The van der Waals surface area contributed by atoms with Crippen molar-refractivity contribution >= 4 is 27.6 Å². The Hall–Kier alpha value is -1.93. The Labute approximate surface area is 140 Å². The van der Waals surface area contributed by atoms with Crippen molar-refractivity contribution in [1.82, 2.24) is 4.31 Å². The molecule has 1 aromatic carbocycles. The van der Waals surface area contributed by atoms with Crippen molar-refractivity contribution in [2.45, 2.75) is 50.1 Å². The zero-order valence-electron chi connectivity index (χ0n) is 13.6. The number of carbonyl (C=O) groups excluding carboxylic acids is 1. The largest absolute Gasteiger partial charge is 0.480 e. The van der Waals surface area contributed by atoms with Crippen LogP contribution in [0.4, 0.5) is 5.69 Å². The lowest BCUT2D eigenvalue weighted by Gasteiger charge is -2.22. The second-order valence-electron chi connectivity index (χ2n) is 6.34. The number of hydrogen-bond acceptors (Lipinski definition) is 4. The highest BCUT2D eigenvalue weighted by Crippen LogP contribution is 2.35. The molecule has 2 aliphatic heterocycles. The van der Waals surface area contributed by atoms with Crippen molar-refractivity contribution in [2.24, 2.45) is 0 Å². The Morgan fingerprint density at radius 2 is 2.00 bits per heavy atom. The zero-order chi connectivity index (χ0) is 17.6. The van der Waals surface area contributed by atoms with Crippen LogP contribution in [0.1, 0.15) is 32.3 Å². The molecule has 0 bridgehead atoms. The number of amides is 1. The van der Waals surface area contributed by atoms with E-state index in [4.69, 9.17) is 0 Å². The number of aliphatic carboxylic acids is 1. The smallest absolute Gasteiger partial charge is 0.322 e. The van der Waals surface area contributed by atoms with Crippen LogP contribution in [-0.2, 0) is 26.0 Å². The third-order valence-electron chi connectivity index (χ3n) is 4.70. The number of sulfonamides is 1. The maximum Gasteiger partial charge on any atom is 0.322 e.